The summed E-state index contributed by atoms with van der Waals surface area (Å²) < 4.78 is 0. The fraction of sp³-hybridized carbons (Fsp3) is 0.556. The van der Waals surface area contributed by atoms with Gasteiger partial charge in [0.1, 0.15) is 0 Å². The maximum Gasteiger partial charge on any atom is 0.0166 e. The topological polar surface area (TPSA) is 6.48 Å². The summed E-state index contributed by atoms with van der Waals surface area (Å²) in [7, 11) is 0. The number of hydrogen-bond donors (Lipinski definition) is 0. The third-order valence-corrected chi connectivity index (χ3v) is 4.69. The first-order chi connectivity index (χ1) is 9.92. The summed E-state index contributed by atoms with van der Waals surface area (Å²) in [6.07, 6.45) is 10.1. The smallest absolute Gasteiger partial charge is 0.0166 e. The van der Waals surface area contributed by atoms with Gasteiger partial charge in [-0.05, 0) is 57.4 Å². The SMILES string of the molecule is C(=Cc1ccccc1)CN1CCC(N2CCCC2)CC1. The summed E-state index contributed by atoms with van der Waals surface area (Å²) in [5, 5.41) is 0. The van der Waals surface area contributed by atoms with E-state index >= 15 is 0 Å². The first kappa shape index (κ1) is 13.8. The molecule has 20 heavy (non-hydrogen) atoms. The minimum Gasteiger partial charge on any atom is -0.300 e. The molecule has 0 spiro atoms. The average molecular weight is 270 g/mol. The van der Waals surface area contributed by atoms with Crippen LogP contribution in [0, 0.1) is 0 Å². The molecular weight excluding hydrogens is 244 g/mol. The standard InChI is InChI=1S/C18H26N2/c1-2-7-17(8-3-1)9-6-12-19-15-10-18(11-16-19)20-13-4-5-14-20/h1-3,6-9,18H,4-5,10-16H2. The number of likely N-dealkylation sites (tertiary alicyclic amines) is 2. The normalized spacial score (nSPS) is 22.8. The molecule has 0 bridgehead atoms. The number of hydrogen-bond acceptors (Lipinski definition) is 2. The number of rotatable bonds is 4. The lowest BCUT2D eigenvalue weighted by molar-refractivity contribution is 0.135. The van der Waals surface area contributed by atoms with E-state index in [9.17, 15) is 0 Å². The van der Waals surface area contributed by atoms with Gasteiger partial charge >= 0.3 is 0 Å². The van der Waals surface area contributed by atoms with Gasteiger partial charge in [0.15, 0.2) is 0 Å². The molecule has 2 heterocycles. The van der Waals surface area contributed by atoms with E-state index in [2.05, 4.69) is 52.3 Å². The summed E-state index contributed by atoms with van der Waals surface area (Å²) in [6, 6.07) is 11.5. The zero-order valence-corrected chi connectivity index (χ0v) is 12.4. The lowest BCUT2D eigenvalue weighted by atomic mass is 10.0. The molecule has 0 atom stereocenters. The van der Waals surface area contributed by atoms with Crippen LogP contribution in [0.25, 0.3) is 6.08 Å². The minimum absolute atomic E-state index is 0.867. The summed E-state index contributed by atoms with van der Waals surface area (Å²) in [4.78, 5) is 5.31. The van der Waals surface area contributed by atoms with Gasteiger partial charge in [0.25, 0.3) is 0 Å². The van der Waals surface area contributed by atoms with Crippen LogP contribution in [0.1, 0.15) is 31.2 Å². The van der Waals surface area contributed by atoms with E-state index in [0.29, 0.717) is 0 Å². The lowest BCUT2D eigenvalue weighted by Gasteiger charge is -2.36. The van der Waals surface area contributed by atoms with Gasteiger partial charge in [0.05, 0.1) is 0 Å². The van der Waals surface area contributed by atoms with Crippen LogP contribution in [0.4, 0.5) is 0 Å². The zero-order chi connectivity index (χ0) is 13.6. The fourth-order valence-electron chi connectivity index (χ4n) is 3.48. The highest BCUT2D eigenvalue weighted by atomic mass is 15.2. The average Bonchev–Trinajstić information content (AvgIpc) is 3.03. The van der Waals surface area contributed by atoms with Crippen molar-refractivity contribution < 1.29 is 0 Å². The van der Waals surface area contributed by atoms with E-state index in [1.54, 1.807) is 0 Å². The molecule has 2 fully saturated rings. The van der Waals surface area contributed by atoms with E-state index in [1.807, 2.05) is 0 Å². The molecule has 0 aromatic heterocycles. The molecule has 0 amide bonds. The molecule has 2 nitrogen and oxygen atoms in total. The molecule has 1 aromatic rings. The molecule has 2 aliphatic heterocycles. The molecule has 0 aliphatic carbocycles. The Morgan fingerprint density at radius 1 is 0.950 bits per heavy atom. The molecule has 2 heteroatoms. The van der Waals surface area contributed by atoms with E-state index in [0.717, 1.165) is 12.6 Å². The van der Waals surface area contributed by atoms with Gasteiger partial charge in [-0.15, -0.1) is 0 Å². The Morgan fingerprint density at radius 3 is 2.35 bits per heavy atom. The summed E-state index contributed by atoms with van der Waals surface area (Å²) in [6.45, 7) is 6.32. The minimum atomic E-state index is 0.867. The molecule has 2 saturated heterocycles. The van der Waals surface area contributed by atoms with E-state index in [4.69, 9.17) is 0 Å². The molecule has 0 unspecified atom stereocenters. The Kier molecular flexibility index (Phi) is 4.88. The van der Waals surface area contributed by atoms with Crippen molar-refractivity contribution in [3.63, 3.8) is 0 Å². The van der Waals surface area contributed by atoms with E-state index < -0.39 is 0 Å². The third-order valence-electron chi connectivity index (χ3n) is 4.69. The highest BCUT2D eigenvalue weighted by Crippen LogP contribution is 2.20. The summed E-state index contributed by atoms with van der Waals surface area (Å²) in [5.74, 6) is 0. The fourth-order valence-corrected chi connectivity index (χ4v) is 3.48. The molecule has 108 valence electrons. The Labute approximate surface area is 123 Å². The molecule has 2 aliphatic rings. The number of nitrogens with zero attached hydrogens (tertiary/aromatic N) is 2. The number of piperidine rings is 1. The van der Waals surface area contributed by atoms with E-state index in [-0.39, 0.29) is 0 Å². The van der Waals surface area contributed by atoms with Gasteiger partial charge in [-0.25, -0.2) is 0 Å². The van der Waals surface area contributed by atoms with Crippen molar-refractivity contribution >= 4 is 6.08 Å². The van der Waals surface area contributed by atoms with Crippen LogP contribution < -0.4 is 0 Å². The summed E-state index contributed by atoms with van der Waals surface area (Å²) in [5.41, 5.74) is 1.31. The summed E-state index contributed by atoms with van der Waals surface area (Å²) >= 11 is 0. The predicted molar refractivity (Wildman–Crippen MR) is 85.7 cm³/mol. The third kappa shape index (κ3) is 3.71. The second kappa shape index (κ2) is 7.05. The highest BCUT2D eigenvalue weighted by Gasteiger charge is 2.25. The van der Waals surface area contributed by atoms with Crippen LogP contribution in [-0.2, 0) is 0 Å². The first-order valence-corrected chi connectivity index (χ1v) is 8.10. The van der Waals surface area contributed by atoms with Crippen molar-refractivity contribution in [1.82, 2.24) is 9.80 Å². The van der Waals surface area contributed by atoms with Crippen LogP contribution in [0.2, 0.25) is 0 Å². The second-order valence-electron chi connectivity index (χ2n) is 6.09. The Morgan fingerprint density at radius 2 is 1.65 bits per heavy atom. The Balaban J connectivity index is 1.41. The maximum absolute atomic E-state index is 2.72. The molecule has 1 aromatic carbocycles. The largest absolute Gasteiger partial charge is 0.300 e. The maximum atomic E-state index is 2.72. The Hall–Kier alpha value is -1.12. The van der Waals surface area contributed by atoms with Gasteiger partial charge in [-0.3, -0.25) is 4.90 Å². The molecule has 0 N–H and O–H groups in total. The predicted octanol–water partition coefficient (Wildman–Crippen LogP) is 3.26. The molecule has 0 radical (unpaired) electrons. The first-order valence-electron chi connectivity index (χ1n) is 8.10. The Bertz CT molecular complexity index is 412. The van der Waals surface area contributed by atoms with Crippen molar-refractivity contribution in [1.29, 1.82) is 0 Å². The highest BCUT2D eigenvalue weighted by molar-refractivity contribution is 5.48. The van der Waals surface area contributed by atoms with Gasteiger partial charge in [-0.1, -0.05) is 42.5 Å². The van der Waals surface area contributed by atoms with Gasteiger partial charge in [0.2, 0.25) is 0 Å². The monoisotopic (exact) mass is 270 g/mol. The van der Waals surface area contributed by atoms with Gasteiger partial charge in [0, 0.05) is 12.6 Å². The molecular formula is C18H26N2. The zero-order valence-electron chi connectivity index (χ0n) is 12.4. The van der Waals surface area contributed by atoms with Gasteiger partial charge in [-0.2, -0.15) is 0 Å². The number of benzene rings is 1. The van der Waals surface area contributed by atoms with E-state index in [1.165, 1.54) is 57.4 Å². The van der Waals surface area contributed by atoms with Crippen molar-refractivity contribution in [2.24, 2.45) is 0 Å². The van der Waals surface area contributed by atoms with Crippen molar-refractivity contribution in [3.8, 4) is 0 Å². The van der Waals surface area contributed by atoms with Crippen LogP contribution in [0.5, 0.6) is 0 Å². The van der Waals surface area contributed by atoms with Crippen LogP contribution in [-0.4, -0.2) is 48.6 Å². The van der Waals surface area contributed by atoms with Crippen molar-refractivity contribution in [3.05, 3.63) is 42.0 Å². The van der Waals surface area contributed by atoms with Crippen molar-refractivity contribution in [2.75, 3.05) is 32.7 Å². The van der Waals surface area contributed by atoms with Crippen LogP contribution >= 0.6 is 0 Å². The van der Waals surface area contributed by atoms with Crippen LogP contribution in [0.3, 0.4) is 0 Å². The quantitative estimate of drug-likeness (QED) is 0.828. The van der Waals surface area contributed by atoms with Crippen molar-refractivity contribution in [2.45, 2.75) is 31.7 Å². The molecule has 0 saturated carbocycles. The molecule has 3 rings (SSSR count). The lowest BCUT2D eigenvalue weighted by Crippen LogP contribution is -2.43. The van der Waals surface area contributed by atoms with Gasteiger partial charge < -0.3 is 4.90 Å². The van der Waals surface area contributed by atoms with Crippen LogP contribution in [0.15, 0.2) is 36.4 Å². The second-order valence-corrected chi connectivity index (χ2v) is 6.09.